The van der Waals surface area contributed by atoms with Gasteiger partial charge in [-0.3, -0.25) is 4.79 Å². The molecule has 0 aromatic rings. The maximum absolute atomic E-state index is 11.7. The smallest absolute Gasteiger partial charge is 0.331 e. The first-order valence-electron chi connectivity index (χ1n) is 10.6. The van der Waals surface area contributed by atoms with Gasteiger partial charge < -0.3 is 15.6 Å². The minimum atomic E-state index is -1.11. The Balaban J connectivity index is 2.04. The summed E-state index contributed by atoms with van der Waals surface area (Å²) < 4.78 is 4.91. The molecule has 0 radical (unpaired) electrons. The molecule has 27 heavy (non-hydrogen) atoms. The molecule has 0 amide bonds. The van der Waals surface area contributed by atoms with Crippen LogP contribution in [0.3, 0.4) is 0 Å². The van der Waals surface area contributed by atoms with Crippen LogP contribution in [-0.4, -0.2) is 35.1 Å². The first-order valence-corrected chi connectivity index (χ1v) is 10.6. The average molecular weight is 380 g/mol. The summed E-state index contributed by atoms with van der Waals surface area (Å²) in [7, 11) is 0. The number of cyclic esters (lactones) is 1. The molecule has 0 aliphatic carbocycles. The predicted octanol–water partition coefficient (Wildman–Crippen LogP) is 3.98. The van der Waals surface area contributed by atoms with Crippen LogP contribution in [0.25, 0.3) is 0 Å². The Hall–Kier alpha value is -1.46. The third kappa shape index (κ3) is 10.5. The molecule has 3 N–H and O–H groups in total. The topological polar surface area (TPSA) is 89.6 Å². The number of nitrogens with two attached hydrogens (primary N) is 1. The van der Waals surface area contributed by atoms with Crippen LogP contribution in [0, 0.1) is 0 Å². The van der Waals surface area contributed by atoms with Gasteiger partial charge in [0.1, 0.15) is 0 Å². The largest absolute Gasteiger partial charge is 0.449 e. The molecule has 0 saturated heterocycles. The van der Waals surface area contributed by atoms with E-state index < -0.39 is 24.2 Å². The standard InChI is InChI=1S/C22H37NO4/c1-2-3-4-5-6-7-8-9-10-11-12-13-14-15-18(24)21(23)22-19(25)16-17-20(26)27-22/h14-18,21-22,24H,2-13,23H2,1H3. The first kappa shape index (κ1) is 23.6. The van der Waals surface area contributed by atoms with E-state index in [0.29, 0.717) is 0 Å². The van der Waals surface area contributed by atoms with Crippen LogP contribution in [0.2, 0.25) is 0 Å². The summed E-state index contributed by atoms with van der Waals surface area (Å²) in [6, 6.07) is -0.944. The second kappa shape index (κ2) is 14.6. The van der Waals surface area contributed by atoms with Crippen molar-refractivity contribution >= 4 is 11.8 Å². The number of unbranched alkanes of at least 4 members (excludes halogenated alkanes) is 11. The predicted molar refractivity (Wildman–Crippen MR) is 108 cm³/mol. The SMILES string of the molecule is CCCCCCCCCCCCCC=CC(O)C(N)C1OC(=O)C=CC1=O. The van der Waals surface area contributed by atoms with Crippen LogP contribution >= 0.6 is 0 Å². The van der Waals surface area contributed by atoms with Gasteiger partial charge in [0.05, 0.1) is 12.1 Å². The van der Waals surface area contributed by atoms with Crippen molar-refractivity contribution in [3.8, 4) is 0 Å². The van der Waals surface area contributed by atoms with E-state index in [0.717, 1.165) is 25.0 Å². The van der Waals surface area contributed by atoms with Gasteiger partial charge in [0.25, 0.3) is 0 Å². The van der Waals surface area contributed by atoms with E-state index in [1.54, 1.807) is 6.08 Å². The molecular weight excluding hydrogens is 342 g/mol. The van der Waals surface area contributed by atoms with Gasteiger partial charge >= 0.3 is 5.97 Å². The van der Waals surface area contributed by atoms with Crippen molar-refractivity contribution in [2.45, 2.75) is 102 Å². The monoisotopic (exact) mass is 379 g/mol. The summed E-state index contributed by atoms with van der Waals surface area (Å²) in [4.78, 5) is 22.9. The quantitative estimate of drug-likeness (QED) is 0.255. The van der Waals surface area contributed by atoms with E-state index in [1.165, 1.54) is 64.2 Å². The number of carbonyl (C=O) groups excluding carboxylic acids is 2. The molecule has 0 spiro atoms. The lowest BCUT2D eigenvalue weighted by Crippen LogP contribution is -2.50. The zero-order valence-electron chi connectivity index (χ0n) is 16.8. The summed E-state index contributed by atoms with van der Waals surface area (Å²) in [6.45, 7) is 2.25. The van der Waals surface area contributed by atoms with Crippen LogP contribution in [-0.2, 0) is 14.3 Å². The van der Waals surface area contributed by atoms with E-state index >= 15 is 0 Å². The molecule has 5 heteroatoms. The van der Waals surface area contributed by atoms with Gasteiger partial charge in [-0.05, 0) is 18.9 Å². The zero-order chi connectivity index (χ0) is 19.9. The molecule has 5 nitrogen and oxygen atoms in total. The maximum Gasteiger partial charge on any atom is 0.331 e. The normalized spacial score (nSPS) is 19.4. The third-order valence-electron chi connectivity index (χ3n) is 4.96. The number of ether oxygens (including phenoxy) is 1. The Kier molecular flexibility index (Phi) is 12.7. The van der Waals surface area contributed by atoms with E-state index in [1.807, 2.05) is 6.08 Å². The van der Waals surface area contributed by atoms with Gasteiger partial charge in [0, 0.05) is 6.08 Å². The van der Waals surface area contributed by atoms with E-state index in [-0.39, 0.29) is 5.78 Å². The van der Waals surface area contributed by atoms with E-state index in [9.17, 15) is 14.7 Å². The highest BCUT2D eigenvalue weighted by Crippen LogP contribution is 2.13. The second-order valence-electron chi connectivity index (χ2n) is 7.41. The second-order valence-corrected chi connectivity index (χ2v) is 7.41. The fourth-order valence-corrected chi connectivity index (χ4v) is 3.21. The number of hydrogen-bond donors (Lipinski definition) is 2. The Bertz CT molecular complexity index is 487. The summed E-state index contributed by atoms with van der Waals surface area (Å²) in [5.41, 5.74) is 5.86. The minimum absolute atomic E-state index is 0.389. The Morgan fingerprint density at radius 3 is 2.15 bits per heavy atom. The molecule has 154 valence electrons. The molecule has 0 bridgehead atoms. The Morgan fingerprint density at radius 1 is 1.00 bits per heavy atom. The minimum Gasteiger partial charge on any atom is -0.449 e. The van der Waals surface area contributed by atoms with E-state index in [4.69, 9.17) is 10.5 Å². The molecule has 1 heterocycles. The van der Waals surface area contributed by atoms with Crippen LogP contribution in [0.15, 0.2) is 24.3 Å². The zero-order valence-corrected chi connectivity index (χ0v) is 16.8. The van der Waals surface area contributed by atoms with Crippen molar-refractivity contribution in [3.63, 3.8) is 0 Å². The van der Waals surface area contributed by atoms with Gasteiger partial charge in [-0.25, -0.2) is 4.79 Å². The number of hydrogen-bond acceptors (Lipinski definition) is 5. The number of aliphatic hydroxyl groups is 1. The van der Waals surface area contributed by atoms with Crippen LogP contribution in [0.5, 0.6) is 0 Å². The summed E-state index contributed by atoms with van der Waals surface area (Å²) in [5.74, 6) is -0.993. The molecule has 0 saturated carbocycles. The number of aliphatic hydroxyl groups excluding tert-OH is 1. The molecule has 0 aromatic heterocycles. The van der Waals surface area contributed by atoms with Crippen molar-refractivity contribution in [3.05, 3.63) is 24.3 Å². The number of ketones is 1. The van der Waals surface area contributed by atoms with Gasteiger partial charge in [-0.15, -0.1) is 0 Å². The van der Waals surface area contributed by atoms with Crippen LogP contribution in [0.4, 0.5) is 0 Å². The van der Waals surface area contributed by atoms with Crippen molar-refractivity contribution in [2.75, 3.05) is 0 Å². The van der Waals surface area contributed by atoms with Crippen LogP contribution in [0.1, 0.15) is 84.0 Å². The molecular formula is C22H37NO4. The van der Waals surface area contributed by atoms with Crippen molar-refractivity contribution in [2.24, 2.45) is 5.73 Å². The molecule has 1 aliphatic heterocycles. The number of rotatable bonds is 15. The van der Waals surface area contributed by atoms with Crippen molar-refractivity contribution in [1.82, 2.24) is 0 Å². The molecule has 1 aliphatic rings. The lowest BCUT2D eigenvalue weighted by atomic mass is 9.99. The summed E-state index contributed by atoms with van der Waals surface area (Å²) in [6.07, 6.45) is 18.8. The van der Waals surface area contributed by atoms with Crippen molar-refractivity contribution in [1.29, 1.82) is 0 Å². The lowest BCUT2D eigenvalue weighted by Gasteiger charge is -2.25. The van der Waals surface area contributed by atoms with Crippen LogP contribution < -0.4 is 5.73 Å². The Morgan fingerprint density at radius 2 is 1.56 bits per heavy atom. The maximum atomic E-state index is 11.7. The molecule has 1 rings (SSSR count). The van der Waals surface area contributed by atoms with Gasteiger partial charge in [0.15, 0.2) is 11.9 Å². The summed E-state index contributed by atoms with van der Waals surface area (Å²) in [5, 5.41) is 10.1. The fraction of sp³-hybridized carbons (Fsp3) is 0.727. The number of carbonyl (C=O) groups is 2. The lowest BCUT2D eigenvalue weighted by molar-refractivity contribution is -0.153. The highest BCUT2D eigenvalue weighted by atomic mass is 16.5. The molecule has 0 fully saturated rings. The third-order valence-corrected chi connectivity index (χ3v) is 4.96. The highest BCUT2D eigenvalue weighted by molar-refractivity contribution is 6.03. The summed E-state index contributed by atoms with van der Waals surface area (Å²) >= 11 is 0. The van der Waals surface area contributed by atoms with Gasteiger partial charge in [-0.1, -0.05) is 83.3 Å². The van der Waals surface area contributed by atoms with Gasteiger partial charge in [0.2, 0.25) is 0 Å². The molecule has 3 unspecified atom stereocenters. The average Bonchev–Trinajstić information content (AvgIpc) is 2.66. The van der Waals surface area contributed by atoms with E-state index in [2.05, 4.69) is 6.92 Å². The number of allylic oxidation sites excluding steroid dienone is 1. The number of esters is 1. The Labute approximate surface area is 164 Å². The first-order chi connectivity index (χ1) is 13.1. The van der Waals surface area contributed by atoms with Crippen molar-refractivity contribution < 1.29 is 19.4 Å². The fourth-order valence-electron chi connectivity index (χ4n) is 3.21. The van der Waals surface area contributed by atoms with Gasteiger partial charge in [-0.2, -0.15) is 0 Å². The molecule has 0 aromatic carbocycles. The highest BCUT2D eigenvalue weighted by Gasteiger charge is 2.33. The molecule has 3 atom stereocenters.